The van der Waals surface area contributed by atoms with Gasteiger partial charge >= 0.3 is 5.97 Å². The molecule has 2 rings (SSSR count). The molecule has 2 N–H and O–H groups in total. The van der Waals surface area contributed by atoms with Crippen molar-refractivity contribution in [1.29, 1.82) is 0 Å². The number of carboxylic acid groups (broad SMARTS) is 1. The van der Waals surface area contributed by atoms with Gasteiger partial charge in [-0.25, -0.2) is 13.2 Å². The number of unbranched alkanes of at least 4 members (excludes halogenated alkanes) is 1. The topological polar surface area (TPSA) is 111 Å². The average molecular weight is 478 g/mol. The quantitative estimate of drug-likeness (QED) is 0.237. The Balaban J connectivity index is 2.09. The third-order valence-electron chi connectivity index (χ3n) is 4.44. The maximum Gasteiger partial charge on any atom is 0.371 e. The second-order valence-electron chi connectivity index (χ2n) is 7.32. The van der Waals surface area contributed by atoms with Crippen LogP contribution in [0.15, 0.2) is 48.2 Å². The van der Waals surface area contributed by atoms with E-state index in [0.717, 1.165) is 24.7 Å². The molecule has 180 valence electrons. The van der Waals surface area contributed by atoms with Gasteiger partial charge in [-0.3, -0.25) is 4.72 Å². The smallest absolute Gasteiger partial charge is 0.371 e. The van der Waals surface area contributed by atoms with Crippen molar-refractivity contribution in [3.63, 3.8) is 0 Å². The SMILES string of the molecule is CCCCOc1cc(/C=C(/OCC)C(=O)O)ccc1OCCc1ccc(NS(C)(=O)=O)cc1. The van der Waals surface area contributed by atoms with Crippen LogP contribution in [0.1, 0.15) is 37.8 Å². The Bertz CT molecular complexity index is 1050. The molecule has 0 fully saturated rings. The van der Waals surface area contributed by atoms with Crippen LogP contribution in [0.3, 0.4) is 0 Å². The van der Waals surface area contributed by atoms with E-state index < -0.39 is 16.0 Å². The molecule has 0 aliphatic heterocycles. The molecule has 0 aliphatic carbocycles. The summed E-state index contributed by atoms with van der Waals surface area (Å²) in [6.45, 7) is 4.95. The van der Waals surface area contributed by atoms with E-state index >= 15 is 0 Å². The van der Waals surface area contributed by atoms with Crippen molar-refractivity contribution in [2.24, 2.45) is 0 Å². The van der Waals surface area contributed by atoms with Crippen LogP contribution in [0.4, 0.5) is 5.69 Å². The van der Waals surface area contributed by atoms with Gasteiger partial charge in [0.1, 0.15) is 0 Å². The van der Waals surface area contributed by atoms with Gasteiger partial charge in [-0.2, -0.15) is 0 Å². The van der Waals surface area contributed by atoms with Gasteiger partial charge in [-0.05, 0) is 54.8 Å². The first-order chi connectivity index (χ1) is 15.7. The van der Waals surface area contributed by atoms with E-state index in [1.807, 2.05) is 12.1 Å². The van der Waals surface area contributed by atoms with Gasteiger partial charge in [0.25, 0.3) is 0 Å². The lowest BCUT2D eigenvalue weighted by Crippen LogP contribution is -2.09. The summed E-state index contributed by atoms with van der Waals surface area (Å²) >= 11 is 0. The number of ether oxygens (including phenoxy) is 3. The molecule has 9 heteroatoms. The van der Waals surface area contributed by atoms with E-state index in [-0.39, 0.29) is 12.4 Å². The van der Waals surface area contributed by atoms with Crippen molar-refractivity contribution in [2.75, 3.05) is 30.8 Å². The largest absolute Gasteiger partial charge is 0.490 e. The fourth-order valence-corrected chi connectivity index (χ4v) is 3.44. The molecule has 0 amide bonds. The van der Waals surface area contributed by atoms with E-state index in [1.54, 1.807) is 37.3 Å². The van der Waals surface area contributed by atoms with Crippen LogP contribution in [-0.4, -0.2) is 45.6 Å². The van der Waals surface area contributed by atoms with Gasteiger partial charge in [-0.15, -0.1) is 0 Å². The zero-order valence-electron chi connectivity index (χ0n) is 19.2. The minimum absolute atomic E-state index is 0.139. The number of hydrogen-bond donors (Lipinski definition) is 2. The fraction of sp³-hybridized carbons (Fsp3) is 0.375. The van der Waals surface area contributed by atoms with Crippen LogP contribution >= 0.6 is 0 Å². The number of carboxylic acids is 1. The number of nitrogens with one attached hydrogen (secondary N) is 1. The van der Waals surface area contributed by atoms with Crippen LogP contribution in [-0.2, 0) is 26.0 Å². The van der Waals surface area contributed by atoms with Crippen molar-refractivity contribution in [3.05, 3.63) is 59.4 Å². The van der Waals surface area contributed by atoms with E-state index in [9.17, 15) is 18.3 Å². The molecule has 0 heterocycles. The molecule has 0 unspecified atom stereocenters. The van der Waals surface area contributed by atoms with Gasteiger partial charge in [0, 0.05) is 12.1 Å². The van der Waals surface area contributed by atoms with Crippen molar-refractivity contribution in [1.82, 2.24) is 0 Å². The standard InChI is InChI=1S/C24H31NO7S/c1-4-6-14-31-22-16-19(17-23(24(26)27)30-5-2)9-12-21(22)32-15-13-18-7-10-20(11-8-18)25-33(3,28)29/h7-12,16-17,25H,4-6,13-15H2,1-3H3,(H,26,27)/b23-17+. The Morgan fingerprint density at radius 3 is 2.33 bits per heavy atom. The number of rotatable bonds is 14. The summed E-state index contributed by atoms with van der Waals surface area (Å²) in [6.07, 6.45) is 5.03. The third kappa shape index (κ3) is 9.44. The van der Waals surface area contributed by atoms with Crippen LogP contribution in [0.25, 0.3) is 6.08 Å². The highest BCUT2D eigenvalue weighted by molar-refractivity contribution is 7.92. The molecule has 0 spiro atoms. The number of carbonyl (C=O) groups is 1. The average Bonchev–Trinajstić information content (AvgIpc) is 2.75. The minimum atomic E-state index is -3.31. The summed E-state index contributed by atoms with van der Waals surface area (Å²) in [4.78, 5) is 11.3. The maximum atomic E-state index is 11.3. The molecule has 0 aliphatic rings. The monoisotopic (exact) mass is 477 g/mol. The Kier molecular flexibility index (Phi) is 10.1. The van der Waals surface area contributed by atoms with Crippen molar-refractivity contribution < 1.29 is 32.5 Å². The fourth-order valence-electron chi connectivity index (χ4n) is 2.88. The van der Waals surface area contributed by atoms with E-state index in [0.29, 0.717) is 42.4 Å². The molecule has 2 aromatic carbocycles. The summed E-state index contributed by atoms with van der Waals surface area (Å²) in [5.41, 5.74) is 2.13. The van der Waals surface area contributed by atoms with Crippen molar-refractivity contribution >= 4 is 27.8 Å². The molecule has 33 heavy (non-hydrogen) atoms. The Labute approximate surface area is 195 Å². The third-order valence-corrected chi connectivity index (χ3v) is 5.04. The minimum Gasteiger partial charge on any atom is -0.490 e. The number of sulfonamides is 1. The zero-order valence-corrected chi connectivity index (χ0v) is 20.0. The molecule has 0 bridgehead atoms. The lowest BCUT2D eigenvalue weighted by molar-refractivity contribution is -0.136. The van der Waals surface area contributed by atoms with E-state index in [2.05, 4.69) is 11.6 Å². The first-order valence-electron chi connectivity index (χ1n) is 10.8. The van der Waals surface area contributed by atoms with Crippen molar-refractivity contribution in [3.8, 4) is 11.5 Å². The molecule has 2 aromatic rings. The second-order valence-corrected chi connectivity index (χ2v) is 9.07. The summed E-state index contributed by atoms with van der Waals surface area (Å²) in [6, 6.07) is 12.3. The molecular weight excluding hydrogens is 446 g/mol. The van der Waals surface area contributed by atoms with Gasteiger partial charge in [0.05, 0.1) is 26.1 Å². The van der Waals surface area contributed by atoms with Crippen LogP contribution in [0.5, 0.6) is 11.5 Å². The predicted octanol–water partition coefficient (Wildman–Crippen LogP) is 4.32. The highest BCUT2D eigenvalue weighted by atomic mass is 32.2. The predicted molar refractivity (Wildman–Crippen MR) is 128 cm³/mol. The summed E-state index contributed by atoms with van der Waals surface area (Å²) < 4.78 is 42.0. The van der Waals surface area contributed by atoms with Crippen molar-refractivity contribution in [2.45, 2.75) is 33.1 Å². The first kappa shape index (κ1) is 26.1. The molecular formula is C24H31NO7S. The molecule has 0 radical (unpaired) electrons. The lowest BCUT2D eigenvalue weighted by atomic mass is 10.1. The molecule has 0 saturated heterocycles. The summed E-state index contributed by atoms with van der Waals surface area (Å²) in [5.74, 6) is -0.180. The number of aliphatic carboxylic acids is 1. The first-order valence-corrected chi connectivity index (χ1v) is 12.6. The van der Waals surface area contributed by atoms with Crippen LogP contribution in [0.2, 0.25) is 0 Å². The molecule has 0 saturated carbocycles. The van der Waals surface area contributed by atoms with Gasteiger partial charge in [0.2, 0.25) is 15.8 Å². The maximum absolute atomic E-state index is 11.3. The van der Waals surface area contributed by atoms with Gasteiger partial charge in [0.15, 0.2) is 11.5 Å². The van der Waals surface area contributed by atoms with E-state index in [4.69, 9.17) is 14.2 Å². The zero-order chi connectivity index (χ0) is 24.3. The van der Waals surface area contributed by atoms with Gasteiger partial charge < -0.3 is 19.3 Å². The summed E-state index contributed by atoms with van der Waals surface area (Å²) in [5, 5.41) is 9.28. The Morgan fingerprint density at radius 2 is 1.73 bits per heavy atom. The molecule has 0 atom stereocenters. The van der Waals surface area contributed by atoms with Crippen LogP contribution < -0.4 is 14.2 Å². The van der Waals surface area contributed by atoms with Crippen LogP contribution in [0, 0.1) is 0 Å². The van der Waals surface area contributed by atoms with Gasteiger partial charge in [-0.1, -0.05) is 31.5 Å². The molecule has 0 aromatic heterocycles. The lowest BCUT2D eigenvalue weighted by Gasteiger charge is -2.14. The highest BCUT2D eigenvalue weighted by Gasteiger charge is 2.11. The molecule has 8 nitrogen and oxygen atoms in total. The second kappa shape index (κ2) is 12.7. The summed E-state index contributed by atoms with van der Waals surface area (Å²) in [7, 11) is -3.31. The number of benzene rings is 2. The number of anilines is 1. The normalized spacial score (nSPS) is 11.7. The highest BCUT2D eigenvalue weighted by Crippen LogP contribution is 2.30. The number of hydrogen-bond acceptors (Lipinski definition) is 6. The Morgan fingerprint density at radius 1 is 1.03 bits per heavy atom. The Hall–Kier alpha value is -3.20. The van der Waals surface area contributed by atoms with E-state index in [1.165, 1.54) is 6.08 Å².